The summed E-state index contributed by atoms with van der Waals surface area (Å²) >= 11 is 5.77. The average Bonchev–Trinajstić information content (AvgIpc) is 2.28. The summed E-state index contributed by atoms with van der Waals surface area (Å²) in [6.45, 7) is 6.88. The monoisotopic (exact) mass is 245 g/mol. The van der Waals surface area contributed by atoms with Gasteiger partial charge in [-0.2, -0.15) is 0 Å². The number of ether oxygens (including phenoxy) is 2. The summed E-state index contributed by atoms with van der Waals surface area (Å²) in [6, 6.07) is 0.502. The van der Waals surface area contributed by atoms with Crippen LogP contribution in [0.3, 0.4) is 0 Å². The van der Waals surface area contributed by atoms with Crippen molar-refractivity contribution in [2.75, 3.05) is 26.4 Å². The molecule has 0 saturated carbocycles. The van der Waals surface area contributed by atoms with E-state index in [0.29, 0.717) is 17.6 Å². The average molecular weight is 246 g/mol. The summed E-state index contributed by atoms with van der Waals surface area (Å²) in [5.41, 5.74) is 0.0574. The minimum absolute atomic E-state index is 0.0574. The lowest BCUT2D eigenvalue weighted by Gasteiger charge is -2.43. The normalized spacial score (nSPS) is 29.2. The second kappa shape index (κ2) is 5.50. The van der Waals surface area contributed by atoms with Crippen molar-refractivity contribution in [2.45, 2.75) is 37.3 Å². The molecular weight excluding hydrogens is 226 g/mol. The molecule has 0 aromatic rings. The second-order valence-corrected chi connectivity index (χ2v) is 5.27. The van der Waals surface area contributed by atoms with Gasteiger partial charge in [0.15, 0.2) is 0 Å². The number of hydrogen-bond donors (Lipinski definition) is 1. The Bertz CT molecular complexity index is 246. The molecular formula is C12H20ClNO2. The minimum atomic E-state index is 0.0574. The van der Waals surface area contributed by atoms with Gasteiger partial charge in [0.25, 0.3) is 0 Å². The summed E-state index contributed by atoms with van der Waals surface area (Å²) in [4.78, 5) is 0. The van der Waals surface area contributed by atoms with Gasteiger partial charge < -0.3 is 14.8 Å². The quantitative estimate of drug-likeness (QED) is 0.826. The Kier molecular flexibility index (Phi) is 4.25. The van der Waals surface area contributed by atoms with Crippen LogP contribution in [0.15, 0.2) is 11.6 Å². The van der Waals surface area contributed by atoms with Crippen molar-refractivity contribution in [1.29, 1.82) is 0 Å². The van der Waals surface area contributed by atoms with Crippen LogP contribution in [0.25, 0.3) is 0 Å². The molecule has 0 bridgehead atoms. The third-order valence-electron chi connectivity index (χ3n) is 3.48. The fraction of sp³-hybridized carbons (Fsp3) is 0.833. The fourth-order valence-electron chi connectivity index (χ4n) is 2.55. The van der Waals surface area contributed by atoms with E-state index in [1.54, 1.807) is 0 Å². The molecule has 3 nitrogen and oxygen atoms in total. The van der Waals surface area contributed by atoms with E-state index in [1.165, 1.54) is 0 Å². The lowest BCUT2D eigenvalue weighted by molar-refractivity contribution is -0.140. The smallest absolute Gasteiger partial charge is 0.0741 e. The van der Waals surface area contributed by atoms with Gasteiger partial charge in [-0.1, -0.05) is 18.2 Å². The Morgan fingerprint density at radius 2 is 2.12 bits per heavy atom. The molecule has 0 radical (unpaired) electrons. The molecule has 1 spiro atoms. The summed E-state index contributed by atoms with van der Waals surface area (Å²) < 4.78 is 11.4. The zero-order valence-corrected chi connectivity index (χ0v) is 10.4. The lowest BCUT2D eigenvalue weighted by atomic mass is 9.84. The SMILES string of the molecule is C=C(Cl)CNC1CCOC2(CCOCC2)C1. The van der Waals surface area contributed by atoms with E-state index in [2.05, 4.69) is 11.9 Å². The van der Waals surface area contributed by atoms with E-state index < -0.39 is 0 Å². The van der Waals surface area contributed by atoms with Gasteiger partial charge in [0.05, 0.1) is 5.60 Å². The molecule has 2 aliphatic rings. The molecule has 1 N–H and O–H groups in total. The van der Waals surface area contributed by atoms with E-state index in [-0.39, 0.29) is 5.60 Å². The maximum Gasteiger partial charge on any atom is 0.0741 e. The van der Waals surface area contributed by atoms with E-state index >= 15 is 0 Å². The Hall–Kier alpha value is -0.0900. The maximum absolute atomic E-state index is 5.97. The van der Waals surface area contributed by atoms with Crippen molar-refractivity contribution in [3.8, 4) is 0 Å². The first-order valence-electron chi connectivity index (χ1n) is 5.99. The molecule has 4 heteroatoms. The third kappa shape index (κ3) is 3.20. The minimum Gasteiger partial charge on any atom is -0.381 e. The van der Waals surface area contributed by atoms with Gasteiger partial charge >= 0.3 is 0 Å². The fourth-order valence-corrected chi connectivity index (χ4v) is 2.63. The van der Waals surface area contributed by atoms with Gasteiger partial charge in [0.2, 0.25) is 0 Å². The molecule has 2 aliphatic heterocycles. The van der Waals surface area contributed by atoms with Gasteiger partial charge in [-0.05, 0) is 25.7 Å². The molecule has 2 rings (SSSR count). The van der Waals surface area contributed by atoms with Gasteiger partial charge in [-0.25, -0.2) is 0 Å². The van der Waals surface area contributed by atoms with Crippen LogP contribution >= 0.6 is 11.6 Å². The second-order valence-electron chi connectivity index (χ2n) is 4.73. The van der Waals surface area contributed by atoms with Crippen molar-refractivity contribution in [2.24, 2.45) is 0 Å². The van der Waals surface area contributed by atoms with Crippen molar-refractivity contribution < 1.29 is 9.47 Å². The first-order chi connectivity index (χ1) is 7.70. The summed E-state index contributed by atoms with van der Waals surface area (Å²) in [7, 11) is 0. The van der Waals surface area contributed by atoms with Crippen LogP contribution in [-0.4, -0.2) is 38.0 Å². The van der Waals surface area contributed by atoms with Gasteiger partial charge in [0, 0.05) is 37.4 Å². The molecule has 92 valence electrons. The van der Waals surface area contributed by atoms with E-state index in [9.17, 15) is 0 Å². The lowest BCUT2D eigenvalue weighted by Crippen LogP contribution is -2.50. The van der Waals surface area contributed by atoms with Crippen molar-refractivity contribution >= 4 is 11.6 Å². The first kappa shape index (κ1) is 12.4. The van der Waals surface area contributed by atoms with Gasteiger partial charge in [0.1, 0.15) is 0 Å². The highest BCUT2D eigenvalue weighted by Gasteiger charge is 2.38. The molecule has 2 saturated heterocycles. The predicted octanol–water partition coefficient (Wildman–Crippen LogP) is 2.06. The maximum atomic E-state index is 5.97. The Balaban J connectivity index is 1.85. The standard InChI is InChI=1S/C12H20ClNO2/c1-10(13)9-14-11-2-5-16-12(8-11)3-6-15-7-4-12/h11,14H,1-9H2. The Morgan fingerprint density at radius 3 is 2.81 bits per heavy atom. The highest BCUT2D eigenvalue weighted by Crippen LogP contribution is 2.34. The third-order valence-corrected chi connectivity index (χ3v) is 3.61. The number of rotatable bonds is 3. The van der Waals surface area contributed by atoms with Crippen LogP contribution in [0.1, 0.15) is 25.7 Å². The number of hydrogen-bond acceptors (Lipinski definition) is 3. The number of nitrogens with one attached hydrogen (secondary N) is 1. The topological polar surface area (TPSA) is 30.5 Å². The summed E-state index contributed by atoms with van der Waals surface area (Å²) in [5.74, 6) is 0. The molecule has 16 heavy (non-hydrogen) atoms. The molecule has 2 fully saturated rings. The molecule has 0 amide bonds. The molecule has 0 aliphatic carbocycles. The molecule has 0 aromatic carbocycles. The molecule has 1 unspecified atom stereocenters. The number of halogens is 1. The zero-order chi connectivity index (χ0) is 11.4. The van der Waals surface area contributed by atoms with Crippen LogP contribution in [0.2, 0.25) is 0 Å². The highest BCUT2D eigenvalue weighted by molar-refractivity contribution is 6.29. The van der Waals surface area contributed by atoms with E-state index in [0.717, 1.165) is 45.5 Å². The largest absolute Gasteiger partial charge is 0.381 e. The van der Waals surface area contributed by atoms with Crippen molar-refractivity contribution in [3.63, 3.8) is 0 Å². The summed E-state index contributed by atoms with van der Waals surface area (Å²) in [5, 5.41) is 4.11. The molecule has 2 heterocycles. The van der Waals surface area contributed by atoms with Crippen LogP contribution in [0, 0.1) is 0 Å². The Morgan fingerprint density at radius 1 is 1.38 bits per heavy atom. The van der Waals surface area contributed by atoms with Gasteiger partial charge in [-0.15, -0.1) is 0 Å². The van der Waals surface area contributed by atoms with Crippen LogP contribution < -0.4 is 5.32 Å². The van der Waals surface area contributed by atoms with E-state index in [4.69, 9.17) is 21.1 Å². The first-order valence-corrected chi connectivity index (χ1v) is 6.36. The predicted molar refractivity (Wildman–Crippen MR) is 64.8 cm³/mol. The van der Waals surface area contributed by atoms with Gasteiger partial charge in [-0.3, -0.25) is 0 Å². The molecule has 1 atom stereocenters. The van der Waals surface area contributed by atoms with Crippen LogP contribution in [0.4, 0.5) is 0 Å². The van der Waals surface area contributed by atoms with Crippen molar-refractivity contribution in [3.05, 3.63) is 11.6 Å². The van der Waals surface area contributed by atoms with Crippen molar-refractivity contribution in [1.82, 2.24) is 5.32 Å². The van der Waals surface area contributed by atoms with Crippen LogP contribution in [-0.2, 0) is 9.47 Å². The highest BCUT2D eigenvalue weighted by atomic mass is 35.5. The Labute approximate surface area is 102 Å². The zero-order valence-electron chi connectivity index (χ0n) is 9.64. The van der Waals surface area contributed by atoms with E-state index in [1.807, 2.05) is 0 Å². The summed E-state index contributed by atoms with van der Waals surface area (Å²) in [6.07, 6.45) is 4.17. The van der Waals surface area contributed by atoms with Crippen LogP contribution in [0.5, 0.6) is 0 Å². The molecule has 0 aromatic heterocycles.